The van der Waals surface area contributed by atoms with Crippen LogP contribution in [0.25, 0.3) is 0 Å². The van der Waals surface area contributed by atoms with Crippen LogP contribution in [0.15, 0.2) is 35.5 Å². The fourth-order valence-corrected chi connectivity index (χ4v) is 3.47. The van der Waals surface area contributed by atoms with E-state index in [4.69, 9.17) is 25.1 Å². The van der Waals surface area contributed by atoms with Gasteiger partial charge in [0.25, 0.3) is 0 Å². The molecule has 0 fully saturated rings. The molecule has 1 heterocycles. The van der Waals surface area contributed by atoms with Crippen molar-refractivity contribution in [1.82, 2.24) is 4.90 Å². The molecule has 6 nitrogen and oxygen atoms in total. The molecule has 20 heavy (non-hydrogen) atoms. The van der Waals surface area contributed by atoms with E-state index in [1.165, 1.54) is 31.5 Å². The molecule has 1 amide bonds. The molecule has 0 aliphatic rings. The van der Waals surface area contributed by atoms with E-state index in [1.54, 1.807) is 12.1 Å². The zero-order valence-corrected chi connectivity index (χ0v) is 13.0. The fraction of sp³-hybridized carbons (Fsp3) is 0.417. The molecule has 1 atom stereocenters. The van der Waals surface area contributed by atoms with Crippen molar-refractivity contribution in [1.29, 1.82) is 0 Å². The predicted octanol–water partition coefficient (Wildman–Crippen LogP) is 3.02. The van der Waals surface area contributed by atoms with E-state index in [-0.39, 0.29) is 18.2 Å². The van der Waals surface area contributed by atoms with E-state index in [0.717, 1.165) is 0 Å². The highest BCUT2D eigenvalue weighted by Gasteiger charge is 2.43. The lowest BCUT2D eigenvalue weighted by molar-refractivity contribution is -0.129. The number of hydrogen-bond acceptors (Lipinski definition) is 5. The first-order valence-corrected chi connectivity index (χ1v) is 7.89. The van der Waals surface area contributed by atoms with E-state index < -0.39 is 19.3 Å². The largest absolute Gasteiger partial charge is 0.466 e. The van der Waals surface area contributed by atoms with Crippen molar-refractivity contribution in [3.05, 3.63) is 36.8 Å². The summed E-state index contributed by atoms with van der Waals surface area (Å²) >= 11 is 5.60. The predicted molar refractivity (Wildman–Crippen MR) is 75.7 cm³/mol. The molecule has 1 unspecified atom stereocenters. The molecule has 1 rings (SSSR count). The molecule has 8 heteroatoms. The van der Waals surface area contributed by atoms with Gasteiger partial charge in [-0.1, -0.05) is 6.08 Å². The van der Waals surface area contributed by atoms with Gasteiger partial charge in [-0.2, -0.15) is 0 Å². The maximum atomic E-state index is 12.7. The molecule has 0 aliphatic carbocycles. The van der Waals surface area contributed by atoms with Gasteiger partial charge < -0.3 is 18.4 Å². The Labute approximate surface area is 122 Å². The average Bonchev–Trinajstić information content (AvgIpc) is 2.99. The number of furan rings is 1. The minimum Gasteiger partial charge on any atom is -0.466 e. The summed E-state index contributed by atoms with van der Waals surface area (Å²) in [7, 11) is -1.13. The van der Waals surface area contributed by atoms with Crippen LogP contribution in [0.1, 0.15) is 11.5 Å². The number of nitrogens with zero attached hydrogens (tertiary/aromatic N) is 1. The highest BCUT2D eigenvalue weighted by Crippen LogP contribution is 2.61. The molecule has 0 saturated heterocycles. The second kappa shape index (κ2) is 7.64. The Kier molecular flexibility index (Phi) is 6.49. The van der Waals surface area contributed by atoms with Gasteiger partial charge in [-0.15, -0.1) is 18.2 Å². The number of alkyl halides is 1. The number of amides is 1. The van der Waals surface area contributed by atoms with Crippen molar-refractivity contribution in [3.8, 4) is 0 Å². The summed E-state index contributed by atoms with van der Waals surface area (Å²) in [4.78, 5) is 13.2. The second-order valence-electron chi connectivity index (χ2n) is 3.76. The molecule has 112 valence electrons. The Balaban J connectivity index is 3.31. The minimum atomic E-state index is -3.63. The van der Waals surface area contributed by atoms with Crippen LogP contribution in [0.2, 0.25) is 0 Å². The molecule has 0 radical (unpaired) electrons. The maximum Gasteiger partial charge on any atom is 0.360 e. The van der Waals surface area contributed by atoms with Gasteiger partial charge in [-0.05, 0) is 12.1 Å². The summed E-state index contributed by atoms with van der Waals surface area (Å²) in [5.41, 5.74) is 0. The van der Waals surface area contributed by atoms with Crippen molar-refractivity contribution in [3.63, 3.8) is 0 Å². The summed E-state index contributed by atoms with van der Waals surface area (Å²) in [5, 5.41) is 0. The molecular weight excluding hydrogens is 305 g/mol. The number of hydrogen-bond donors (Lipinski definition) is 0. The van der Waals surface area contributed by atoms with Crippen LogP contribution < -0.4 is 0 Å². The fourth-order valence-electron chi connectivity index (χ4n) is 1.75. The lowest BCUT2D eigenvalue weighted by Gasteiger charge is -2.32. The van der Waals surface area contributed by atoms with Gasteiger partial charge in [0, 0.05) is 20.8 Å². The first kappa shape index (κ1) is 17.0. The first-order valence-electron chi connectivity index (χ1n) is 5.75. The molecular formula is C12H17ClNO5P. The third kappa shape index (κ3) is 3.52. The highest BCUT2D eigenvalue weighted by molar-refractivity contribution is 7.54. The van der Waals surface area contributed by atoms with Crippen LogP contribution in [0, 0.1) is 0 Å². The monoisotopic (exact) mass is 321 g/mol. The smallest absolute Gasteiger partial charge is 0.360 e. The van der Waals surface area contributed by atoms with E-state index in [1.807, 2.05) is 0 Å². The second-order valence-corrected chi connectivity index (χ2v) is 6.33. The third-order valence-corrected chi connectivity index (χ3v) is 5.04. The lowest BCUT2D eigenvalue weighted by atomic mass is 10.3. The van der Waals surface area contributed by atoms with E-state index >= 15 is 0 Å². The summed E-state index contributed by atoms with van der Waals surface area (Å²) in [6, 6.07) is 3.21. The first-order chi connectivity index (χ1) is 9.53. The molecule has 1 aromatic heterocycles. The van der Waals surface area contributed by atoms with E-state index in [0.29, 0.717) is 0 Å². The van der Waals surface area contributed by atoms with Gasteiger partial charge in [0.2, 0.25) is 5.91 Å². The topological polar surface area (TPSA) is 69.0 Å². The van der Waals surface area contributed by atoms with Crippen molar-refractivity contribution in [2.24, 2.45) is 0 Å². The molecule has 0 aliphatic heterocycles. The normalized spacial score (nSPS) is 12.9. The van der Waals surface area contributed by atoms with Crippen molar-refractivity contribution >= 4 is 25.1 Å². The van der Waals surface area contributed by atoms with Gasteiger partial charge in [0.1, 0.15) is 11.6 Å². The summed E-state index contributed by atoms with van der Waals surface area (Å²) < 4.78 is 28.0. The SMILES string of the molecule is C=CCN(C(=O)CCl)C(c1ccco1)P(=O)(OC)OC. The van der Waals surface area contributed by atoms with E-state index in [9.17, 15) is 9.36 Å². The van der Waals surface area contributed by atoms with Crippen LogP contribution in [0.3, 0.4) is 0 Å². The van der Waals surface area contributed by atoms with Crippen LogP contribution in [-0.4, -0.2) is 37.5 Å². The van der Waals surface area contributed by atoms with Gasteiger partial charge in [0.15, 0.2) is 5.78 Å². The Morgan fingerprint density at radius 1 is 1.60 bits per heavy atom. The van der Waals surface area contributed by atoms with Crippen LogP contribution in [0.5, 0.6) is 0 Å². The van der Waals surface area contributed by atoms with Crippen LogP contribution in [-0.2, 0) is 18.4 Å². The molecule has 0 aromatic carbocycles. The van der Waals surface area contributed by atoms with Crippen molar-refractivity contribution in [2.45, 2.75) is 5.78 Å². The number of carbonyl (C=O) groups excluding carboxylic acids is 1. The summed E-state index contributed by atoms with van der Waals surface area (Å²) in [6.45, 7) is 3.71. The van der Waals surface area contributed by atoms with Crippen molar-refractivity contribution in [2.75, 3.05) is 26.6 Å². The van der Waals surface area contributed by atoms with Gasteiger partial charge in [0.05, 0.1) is 6.26 Å². The standard InChI is InChI=1S/C12H17ClNO5P/c1-4-7-14(11(15)9-13)12(10-6-5-8-19-10)20(16,17-2)18-3/h4-6,8,12H,1,7,9H2,2-3H3. The van der Waals surface area contributed by atoms with Crippen LogP contribution >= 0.6 is 19.2 Å². The zero-order chi connectivity index (χ0) is 15.2. The average molecular weight is 322 g/mol. The van der Waals surface area contributed by atoms with Gasteiger partial charge in [-0.3, -0.25) is 9.36 Å². The van der Waals surface area contributed by atoms with Crippen LogP contribution in [0.4, 0.5) is 0 Å². The number of carbonyl (C=O) groups is 1. The molecule has 0 N–H and O–H groups in total. The Bertz CT molecular complexity index is 482. The number of rotatable bonds is 8. The zero-order valence-electron chi connectivity index (χ0n) is 11.3. The summed E-state index contributed by atoms with van der Waals surface area (Å²) in [6.07, 6.45) is 2.91. The molecule has 0 bridgehead atoms. The van der Waals surface area contributed by atoms with E-state index in [2.05, 4.69) is 6.58 Å². The third-order valence-electron chi connectivity index (χ3n) is 2.66. The minimum absolute atomic E-state index is 0.133. The molecule has 1 aromatic rings. The quantitative estimate of drug-likeness (QED) is 0.418. The number of halogens is 1. The Morgan fingerprint density at radius 2 is 2.25 bits per heavy atom. The maximum absolute atomic E-state index is 12.7. The molecule has 0 spiro atoms. The Hall–Kier alpha value is -1.07. The van der Waals surface area contributed by atoms with Gasteiger partial charge >= 0.3 is 7.60 Å². The van der Waals surface area contributed by atoms with Gasteiger partial charge in [-0.25, -0.2) is 0 Å². The Morgan fingerprint density at radius 3 is 2.65 bits per heavy atom. The summed E-state index contributed by atoms with van der Waals surface area (Å²) in [5.74, 6) is -1.42. The lowest BCUT2D eigenvalue weighted by Crippen LogP contribution is -2.36. The highest BCUT2D eigenvalue weighted by atomic mass is 35.5. The molecule has 0 saturated carbocycles. The van der Waals surface area contributed by atoms with Crippen molar-refractivity contribution < 1.29 is 22.8 Å².